The Morgan fingerprint density at radius 2 is 1.92 bits per heavy atom. The number of imidazole rings is 1. The Morgan fingerprint density at radius 3 is 2.62 bits per heavy atom. The van der Waals surface area contributed by atoms with Gasteiger partial charge in [-0.25, -0.2) is 4.98 Å². The molecule has 4 nitrogen and oxygen atoms in total. The fraction of sp³-hybridized carbons (Fsp3) is 0.350. The Hall–Kier alpha value is -1.75. The molecule has 0 saturated carbocycles. The lowest BCUT2D eigenvalue weighted by atomic mass is 9.99. The van der Waals surface area contributed by atoms with E-state index < -0.39 is 0 Å². The molecule has 138 valence electrons. The van der Waals surface area contributed by atoms with Gasteiger partial charge in [0.25, 0.3) is 0 Å². The van der Waals surface area contributed by atoms with Crippen molar-refractivity contribution in [3.63, 3.8) is 0 Å². The molecule has 1 aromatic heterocycles. The molecule has 0 amide bonds. The summed E-state index contributed by atoms with van der Waals surface area (Å²) in [5.74, 6) is 1.97. The van der Waals surface area contributed by atoms with Gasteiger partial charge in [-0.05, 0) is 35.7 Å². The van der Waals surface area contributed by atoms with Crippen molar-refractivity contribution in [3.05, 3.63) is 57.8 Å². The monoisotopic (exact) mass is 391 g/mol. The zero-order chi connectivity index (χ0) is 18.8. The number of nitrogens with zero attached hydrogens (tertiary/aromatic N) is 2. The van der Waals surface area contributed by atoms with E-state index in [1.54, 1.807) is 13.2 Å². The first-order valence-electron chi connectivity index (χ1n) is 8.68. The maximum atomic E-state index is 6.53. The maximum Gasteiger partial charge on any atom is 0.127 e. The molecular formula is C20H23Cl2N3O. The van der Waals surface area contributed by atoms with Gasteiger partial charge in [-0.3, -0.25) is 0 Å². The SMILES string of the molecule is CC[C@H](C)[C@H](N)c1nc2cc(Cl)c(Cl)cc2n1Cc1cccc(OC)c1. The van der Waals surface area contributed by atoms with Crippen molar-refractivity contribution < 1.29 is 4.74 Å². The summed E-state index contributed by atoms with van der Waals surface area (Å²) in [6, 6.07) is 11.5. The van der Waals surface area contributed by atoms with E-state index in [9.17, 15) is 0 Å². The standard InChI is InChI=1S/C20H23Cl2N3O/c1-4-12(2)19(23)20-24-17-9-15(21)16(22)10-18(17)25(20)11-13-6-5-7-14(8-13)26-3/h5-10,12,19H,4,11,23H2,1-3H3/t12-,19-/m0/s1. The van der Waals surface area contributed by atoms with Gasteiger partial charge in [-0.2, -0.15) is 0 Å². The van der Waals surface area contributed by atoms with Gasteiger partial charge in [-0.15, -0.1) is 0 Å². The smallest absolute Gasteiger partial charge is 0.127 e. The molecule has 3 aromatic rings. The second kappa shape index (κ2) is 7.87. The number of benzene rings is 2. The van der Waals surface area contributed by atoms with Crippen molar-refractivity contribution in [1.29, 1.82) is 0 Å². The van der Waals surface area contributed by atoms with E-state index in [0.29, 0.717) is 22.5 Å². The molecule has 2 atom stereocenters. The second-order valence-electron chi connectivity index (χ2n) is 6.57. The van der Waals surface area contributed by atoms with Crippen LogP contribution < -0.4 is 10.5 Å². The zero-order valence-electron chi connectivity index (χ0n) is 15.2. The Balaban J connectivity index is 2.14. The van der Waals surface area contributed by atoms with Gasteiger partial charge in [-0.1, -0.05) is 55.6 Å². The van der Waals surface area contributed by atoms with E-state index in [0.717, 1.165) is 34.6 Å². The summed E-state index contributed by atoms with van der Waals surface area (Å²) in [6.07, 6.45) is 0.977. The quantitative estimate of drug-likeness (QED) is 0.607. The Bertz CT molecular complexity index is 923. The lowest BCUT2D eigenvalue weighted by Crippen LogP contribution is -2.23. The van der Waals surface area contributed by atoms with Crippen LogP contribution in [0.5, 0.6) is 5.75 Å². The van der Waals surface area contributed by atoms with Gasteiger partial charge in [0.1, 0.15) is 11.6 Å². The van der Waals surface area contributed by atoms with Gasteiger partial charge >= 0.3 is 0 Å². The molecule has 0 aliphatic rings. The molecule has 1 heterocycles. The van der Waals surface area contributed by atoms with Gasteiger partial charge in [0.15, 0.2) is 0 Å². The summed E-state index contributed by atoms with van der Waals surface area (Å²) in [7, 11) is 1.66. The van der Waals surface area contributed by atoms with Crippen molar-refractivity contribution in [2.75, 3.05) is 7.11 Å². The third-order valence-corrected chi connectivity index (χ3v) is 5.57. The van der Waals surface area contributed by atoms with E-state index in [2.05, 4.69) is 24.5 Å². The largest absolute Gasteiger partial charge is 0.497 e. The Kier molecular flexibility index (Phi) is 5.76. The van der Waals surface area contributed by atoms with Crippen molar-refractivity contribution in [1.82, 2.24) is 9.55 Å². The number of halogens is 2. The molecule has 0 bridgehead atoms. The van der Waals surface area contributed by atoms with Crippen LogP contribution in [0.2, 0.25) is 10.0 Å². The van der Waals surface area contributed by atoms with Crippen molar-refractivity contribution in [2.45, 2.75) is 32.9 Å². The average Bonchev–Trinajstić information content (AvgIpc) is 2.98. The molecule has 0 radical (unpaired) electrons. The van der Waals surface area contributed by atoms with Crippen LogP contribution in [-0.2, 0) is 6.54 Å². The average molecular weight is 392 g/mol. The summed E-state index contributed by atoms with van der Waals surface area (Å²) in [6.45, 7) is 4.90. The summed E-state index contributed by atoms with van der Waals surface area (Å²) in [4.78, 5) is 4.79. The van der Waals surface area contributed by atoms with Crippen LogP contribution in [0.25, 0.3) is 11.0 Å². The zero-order valence-corrected chi connectivity index (χ0v) is 16.7. The number of nitrogens with two attached hydrogens (primary N) is 1. The number of hydrogen-bond acceptors (Lipinski definition) is 3. The summed E-state index contributed by atoms with van der Waals surface area (Å²) < 4.78 is 7.47. The molecule has 0 aliphatic heterocycles. The highest BCUT2D eigenvalue weighted by molar-refractivity contribution is 6.42. The topological polar surface area (TPSA) is 53.1 Å². The van der Waals surface area contributed by atoms with E-state index in [1.165, 1.54) is 0 Å². The minimum Gasteiger partial charge on any atom is -0.497 e. The molecule has 26 heavy (non-hydrogen) atoms. The Labute approximate surface area is 163 Å². The van der Waals surface area contributed by atoms with Gasteiger partial charge in [0.2, 0.25) is 0 Å². The molecule has 6 heteroatoms. The van der Waals surface area contributed by atoms with Crippen LogP contribution in [0.15, 0.2) is 36.4 Å². The molecule has 0 aliphatic carbocycles. The summed E-state index contributed by atoms with van der Waals surface area (Å²) in [5, 5.41) is 1.00. The minimum absolute atomic E-state index is 0.171. The van der Waals surface area contributed by atoms with E-state index in [4.69, 9.17) is 38.7 Å². The number of fused-ring (bicyclic) bond motifs is 1. The lowest BCUT2D eigenvalue weighted by molar-refractivity contribution is 0.413. The molecule has 2 N–H and O–H groups in total. The number of rotatable bonds is 6. The third-order valence-electron chi connectivity index (χ3n) is 4.85. The lowest BCUT2D eigenvalue weighted by Gasteiger charge is -2.20. The first-order valence-corrected chi connectivity index (χ1v) is 9.43. The summed E-state index contributed by atoms with van der Waals surface area (Å²) in [5.41, 5.74) is 9.36. The maximum absolute atomic E-state index is 6.53. The number of aromatic nitrogens is 2. The normalized spacial score (nSPS) is 13.8. The van der Waals surface area contributed by atoms with Crippen LogP contribution in [-0.4, -0.2) is 16.7 Å². The first kappa shape index (κ1) is 19.0. The predicted octanol–water partition coefficient (Wildman–Crippen LogP) is 5.45. The third kappa shape index (κ3) is 3.68. The predicted molar refractivity (Wildman–Crippen MR) is 108 cm³/mol. The number of ether oxygens (including phenoxy) is 1. The van der Waals surface area contributed by atoms with Crippen LogP contribution >= 0.6 is 23.2 Å². The molecule has 3 rings (SSSR count). The fourth-order valence-electron chi connectivity index (χ4n) is 3.02. The van der Waals surface area contributed by atoms with Crippen LogP contribution in [0.1, 0.15) is 37.7 Å². The molecule has 0 unspecified atom stereocenters. The Morgan fingerprint density at radius 1 is 1.19 bits per heavy atom. The molecule has 0 saturated heterocycles. The highest BCUT2D eigenvalue weighted by atomic mass is 35.5. The number of methoxy groups -OCH3 is 1. The second-order valence-corrected chi connectivity index (χ2v) is 7.39. The minimum atomic E-state index is -0.171. The molecular weight excluding hydrogens is 369 g/mol. The number of hydrogen-bond donors (Lipinski definition) is 1. The van der Waals surface area contributed by atoms with E-state index in [-0.39, 0.29) is 6.04 Å². The highest BCUT2D eigenvalue weighted by Gasteiger charge is 2.22. The van der Waals surface area contributed by atoms with Crippen molar-refractivity contribution >= 4 is 34.2 Å². The van der Waals surface area contributed by atoms with Crippen LogP contribution in [0, 0.1) is 5.92 Å². The highest BCUT2D eigenvalue weighted by Crippen LogP contribution is 2.32. The molecule has 0 fully saturated rings. The van der Waals surface area contributed by atoms with Crippen molar-refractivity contribution in [3.8, 4) is 5.75 Å². The van der Waals surface area contributed by atoms with Crippen LogP contribution in [0.3, 0.4) is 0 Å². The fourth-order valence-corrected chi connectivity index (χ4v) is 3.34. The van der Waals surface area contributed by atoms with Gasteiger partial charge in [0.05, 0.1) is 34.2 Å². The first-order chi connectivity index (χ1) is 12.4. The van der Waals surface area contributed by atoms with E-state index in [1.807, 2.05) is 24.3 Å². The van der Waals surface area contributed by atoms with Crippen molar-refractivity contribution in [2.24, 2.45) is 11.7 Å². The molecule has 2 aromatic carbocycles. The van der Waals surface area contributed by atoms with E-state index >= 15 is 0 Å². The summed E-state index contributed by atoms with van der Waals surface area (Å²) >= 11 is 12.5. The van der Waals surface area contributed by atoms with Crippen LogP contribution in [0.4, 0.5) is 0 Å². The molecule has 0 spiro atoms. The van der Waals surface area contributed by atoms with Gasteiger partial charge in [0, 0.05) is 6.54 Å². The van der Waals surface area contributed by atoms with Gasteiger partial charge < -0.3 is 15.0 Å².